The summed E-state index contributed by atoms with van der Waals surface area (Å²) in [6, 6.07) is 12.1. The van der Waals surface area contributed by atoms with Crippen LogP contribution in [0.25, 0.3) is 0 Å². The van der Waals surface area contributed by atoms with Crippen molar-refractivity contribution >= 4 is 21.6 Å². The molecule has 0 aliphatic carbocycles. The standard InChI is InChI=1S/C21H26N2O4S/c1-3-16-9-5-6-10-18(16)22-21(24)17-11-12-19(27-2)20(15-17)28(25,26)23-13-7-4-8-14-23/h5-6,9-12,15H,3-4,7-8,13-14H2,1-2H3,(H,22,24). The van der Waals surface area contributed by atoms with Crippen molar-refractivity contribution in [1.29, 1.82) is 0 Å². The molecule has 0 unspecified atom stereocenters. The molecule has 1 heterocycles. The number of hydrogen-bond donors (Lipinski definition) is 1. The number of sulfonamides is 1. The van der Waals surface area contributed by atoms with Crippen molar-refractivity contribution in [3.63, 3.8) is 0 Å². The van der Waals surface area contributed by atoms with Crippen LogP contribution in [0.1, 0.15) is 42.1 Å². The van der Waals surface area contributed by atoms with E-state index in [1.165, 1.54) is 23.5 Å². The largest absolute Gasteiger partial charge is 0.495 e. The van der Waals surface area contributed by atoms with Crippen LogP contribution >= 0.6 is 0 Å². The summed E-state index contributed by atoms with van der Waals surface area (Å²) < 4.78 is 33.0. The van der Waals surface area contributed by atoms with Gasteiger partial charge in [0.25, 0.3) is 5.91 Å². The minimum absolute atomic E-state index is 0.0355. The number of benzene rings is 2. The van der Waals surface area contributed by atoms with Gasteiger partial charge in [-0.3, -0.25) is 4.79 Å². The van der Waals surface area contributed by atoms with E-state index in [0.29, 0.717) is 13.1 Å². The molecular weight excluding hydrogens is 376 g/mol. The minimum atomic E-state index is -3.72. The molecule has 2 aromatic rings. The molecule has 2 aromatic carbocycles. The number of piperidine rings is 1. The fraction of sp³-hybridized carbons (Fsp3) is 0.381. The van der Waals surface area contributed by atoms with Crippen LogP contribution in [0.3, 0.4) is 0 Å². The summed E-state index contributed by atoms with van der Waals surface area (Å²) in [6.45, 7) is 3.00. The van der Waals surface area contributed by atoms with Crippen molar-refractivity contribution in [3.05, 3.63) is 53.6 Å². The van der Waals surface area contributed by atoms with Crippen LogP contribution in [0.4, 0.5) is 5.69 Å². The fourth-order valence-electron chi connectivity index (χ4n) is 3.41. The van der Waals surface area contributed by atoms with Gasteiger partial charge >= 0.3 is 0 Å². The highest BCUT2D eigenvalue weighted by Crippen LogP contribution is 2.30. The fourth-order valence-corrected chi connectivity index (χ4v) is 5.11. The predicted octanol–water partition coefficient (Wildman–Crippen LogP) is 3.68. The first-order valence-electron chi connectivity index (χ1n) is 9.55. The van der Waals surface area contributed by atoms with Crippen molar-refractivity contribution in [2.24, 2.45) is 0 Å². The first-order chi connectivity index (χ1) is 13.5. The molecule has 28 heavy (non-hydrogen) atoms. The van der Waals surface area contributed by atoms with Crippen LogP contribution in [0.5, 0.6) is 5.75 Å². The van der Waals surface area contributed by atoms with E-state index in [1.54, 1.807) is 6.07 Å². The number of nitrogens with one attached hydrogen (secondary N) is 1. The number of nitrogens with zero attached hydrogens (tertiary/aromatic N) is 1. The van der Waals surface area contributed by atoms with Crippen molar-refractivity contribution in [2.45, 2.75) is 37.5 Å². The van der Waals surface area contributed by atoms with Gasteiger partial charge in [-0.25, -0.2) is 8.42 Å². The van der Waals surface area contributed by atoms with Crippen molar-refractivity contribution in [2.75, 3.05) is 25.5 Å². The number of methoxy groups -OCH3 is 1. The van der Waals surface area contributed by atoms with E-state index in [9.17, 15) is 13.2 Å². The van der Waals surface area contributed by atoms with Gasteiger partial charge in [0.15, 0.2) is 0 Å². The lowest BCUT2D eigenvalue weighted by molar-refractivity contribution is 0.102. The SMILES string of the molecule is CCc1ccccc1NC(=O)c1ccc(OC)c(S(=O)(=O)N2CCCCC2)c1. The number of carbonyl (C=O) groups excluding carboxylic acids is 1. The van der Waals surface area contributed by atoms with Crippen LogP contribution in [0.15, 0.2) is 47.4 Å². The van der Waals surface area contributed by atoms with Gasteiger partial charge in [-0.15, -0.1) is 0 Å². The zero-order chi connectivity index (χ0) is 20.1. The lowest BCUT2D eigenvalue weighted by Gasteiger charge is -2.26. The zero-order valence-electron chi connectivity index (χ0n) is 16.3. The van der Waals surface area contributed by atoms with E-state index >= 15 is 0 Å². The maximum atomic E-state index is 13.1. The molecule has 1 amide bonds. The molecule has 0 bridgehead atoms. The molecule has 1 saturated heterocycles. The van der Waals surface area contributed by atoms with Gasteiger partial charge in [-0.2, -0.15) is 4.31 Å². The Morgan fingerprint density at radius 1 is 1.11 bits per heavy atom. The Morgan fingerprint density at radius 3 is 2.50 bits per heavy atom. The van der Waals surface area contributed by atoms with E-state index < -0.39 is 10.0 Å². The van der Waals surface area contributed by atoms with E-state index in [-0.39, 0.29) is 22.1 Å². The number of ether oxygens (including phenoxy) is 1. The van der Waals surface area contributed by atoms with Crippen LogP contribution in [-0.2, 0) is 16.4 Å². The Bertz CT molecular complexity index is 951. The Kier molecular flexibility index (Phi) is 6.36. The molecule has 1 aliphatic heterocycles. The number of para-hydroxylation sites is 1. The number of amides is 1. The summed E-state index contributed by atoms with van der Waals surface area (Å²) in [6.07, 6.45) is 3.50. The maximum absolute atomic E-state index is 13.1. The van der Waals surface area contributed by atoms with Gasteiger partial charge in [0.05, 0.1) is 7.11 Å². The summed E-state index contributed by atoms with van der Waals surface area (Å²) in [7, 11) is -2.29. The Hall–Kier alpha value is -2.38. The molecule has 150 valence electrons. The third-order valence-electron chi connectivity index (χ3n) is 5.01. The molecule has 0 radical (unpaired) electrons. The Morgan fingerprint density at radius 2 is 1.82 bits per heavy atom. The van der Waals surface area contributed by atoms with Crippen LogP contribution in [0.2, 0.25) is 0 Å². The lowest BCUT2D eigenvalue weighted by Crippen LogP contribution is -2.35. The second-order valence-corrected chi connectivity index (χ2v) is 8.70. The number of aryl methyl sites for hydroxylation is 1. The molecule has 0 aromatic heterocycles. The first-order valence-corrected chi connectivity index (χ1v) is 11.0. The highest BCUT2D eigenvalue weighted by Gasteiger charge is 2.29. The van der Waals surface area contributed by atoms with Crippen LogP contribution in [0, 0.1) is 0 Å². The molecule has 6 nitrogen and oxygen atoms in total. The van der Waals surface area contributed by atoms with Gasteiger partial charge in [0.1, 0.15) is 10.6 Å². The Balaban J connectivity index is 1.93. The molecule has 1 N–H and O–H groups in total. The number of rotatable bonds is 6. The zero-order valence-corrected chi connectivity index (χ0v) is 17.1. The third-order valence-corrected chi connectivity index (χ3v) is 6.92. The first kappa shape index (κ1) is 20.4. The van der Waals surface area contributed by atoms with Gasteiger partial charge in [0.2, 0.25) is 10.0 Å². The van der Waals surface area contributed by atoms with Gasteiger partial charge in [-0.05, 0) is 49.1 Å². The molecule has 1 fully saturated rings. The van der Waals surface area contributed by atoms with Crippen molar-refractivity contribution < 1.29 is 17.9 Å². The molecule has 7 heteroatoms. The molecule has 0 atom stereocenters. The van der Waals surface area contributed by atoms with Gasteiger partial charge in [-0.1, -0.05) is 31.5 Å². The highest BCUT2D eigenvalue weighted by molar-refractivity contribution is 7.89. The average molecular weight is 403 g/mol. The minimum Gasteiger partial charge on any atom is -0.495 e. The van der Waals surface area contributed by atoms with E-state index in [1.807, 2.05) is 31.2 Å². The normalized spacial score (nSPS) is 15.2. The number of anilines is 1. The summed E-state index contributed by atoms with van der Waals surface area (Å²) in [4.78, 5) is 12.8. The topological polar surface area (TPSA) is 75.7 Å². The third kappa shape index (κ3) is 4.20. The molecule has 1 aliphatic rings. The lowest BCUT2D eigenvalue weighted by atomic mass is 10.1. The van der Waals surface area contributed by atoms with E-state index in [2.05, 4.69) is 5.32 Å². The van der Waals surface area contributed by atoms with E-state index in [4.69, 9.17) is 4.74 Å². The second kappa shape index (κ2) is 8.75. The number of hydrogen-bond acceptors (Lipinski definition) is 4. The summed E-state index contributed by atoms with van der Waals surface area (Å²) in [5, 5.41) is 2.89. The average Bonchev–Trinajstić information content (AvgIpc) is 2.74. The molecule has 0 spiro atoms. The maximum Gasteiger partial charge on any atom is 0.255 e. The summed E-state index contributed by atoms with van der Waals surface area (Å²) >= 11 is 0. The monoisotopic (exact) mass is 402 g/mol. The van der Waals surface area contributed by atoms with Crippen molar-refractivity contribution in [3.8, 4) is 5.75 Å². The quantitative estimate of drug-likeness (QED) is 0.800. The number of carbonyl (C=O) groups is 1. The van der Waals surface area contributed by atoms with Crippen LogP contribution < -0.4 is 10.1 Å². The predicted molar refractivity (Wildman–Crippen MR) is 109 cm³/mol. The summed E-state index contributed by atoms with van der Waals surface area (Å²) in [5.74, 6) is -0.102. The van der Waals surface area contributed by atoms with Gasteiger partial charge < -0.3 is 10.1 Å². The van der Waals surface area contributed by atoms with Crippen LogP contribution in [-0.4, -0.2) is 38.8 Å². The summed E-state index contributed by atoms with van der Waals surface area (Å²) in [5.41, 5.74) is 2.03. The van der Waals surface area contributed by atoms with E-state index in [0.717, 1.165) is 36.9 Å². The van der Waals surface area contributed by atoms with Crippen molar-refractivity contribution in [1.82, 2.24) is 4.31 Å². The molecular formula is C21H26N2O4S. The smallest absolute Gasteiger partial charge is 0.255 e. The molecule has 0 saturated carbocycles. The molecule has 3 rings (SSSR count). The highest BCUT2D eigenvalue weighted by atomic mass is 32.2. The second-order valence-electron chi connectivity index (χ2n) is 6.80. The van der Waals surface area contributed by atoms with Gasteiger partial charge in [0, 0.05) is 24.3 Å². The Labute approximate surface area is 166 Å².